The number of rotatable bonds is 9. The summed E-state index contributed by atoms with van der Waals surface area (Å²) in [5, 5.41) is 8.55. The number of methoxy groups -OCH3 is 1. The van der Waals surface area contributed by atoms with Gasteiger partial charge in [-0.1, -0.05) is 18.2 Å². The SMILES string of the molecule is CNc1nc(-c2ccc(OC)c(NC(=O)COc3ccc(S(=O)(=O)N4CCCc5ccccc54)cc3)c2)cs1. The zero-order valence-electron chi connectivity index (χ0n) is 21.5. The number of hydrogen-bond donors (Lipinski definition) is 2. The summed E-state index contributed by atoms with van der Waals surface area (Å²) in [5.41, 5.74) is 3.85. The molecular formula is C28H28N4O5S2. The zero-order chi connectivity index (χ0) is 27.4. The number of fused-ring (bicyclic) bond motifs is 1. The van der Waals surface area contributed by atoms with Crippen LogP contribution in [0.2, 0.25) is 0 Å². The summed E-state index contributed by atoms with van der Waals surface area (Å²) in [6, 6.07) is 19.1. The molecule has 1 aliphatic rings. The number of aryl methyl sites for hydroxylation is 1. The lowest BCUT2D eigenvalue weighted by Gasteiger charge is -2.30. The number of hydrogen-bond acceptors (Lipinski definition) is 8. The second kappa shape index (κ2) is 11.3. The van der Waals surface area contributed by atoms with Gasteiger partial charge in [-0.2, -0.15) is 0 Å². The average molecular weight is 565 g/mol. The van der Waals surface area contributed by atoms with E-state index in [-0.39, 0.29) is 17.4 Å². The number of amides is 1. The van der Waals surface area contributed by atoms with E-state index in [2.05, 4.69) is 15.6 Å². The second-order valence-electron chi connectivity index (χ2n) is 8.82. The smallest absolute Gasteiger partial charge is 0.264 e. The van der Waals surface area contributed by atoms with Crippen LogP contribution in [0.25, 0.3) is 11.3 Å². The molecule has 1 aliphatic heterocycles. The molecule has 0 bridgehead atoms. The predicted octanol–water partition coefficient (Wildman–Crippen LogP) is 5.02. The number of carbonyl (C=O) groups excluding carboxylic acids is 1. The molecule has 0 saturated heterocycles. The Bertz CT molecular complexity index is 1590. The van der Waals surface area contributed by atoms with Crippen molar-refractivity contribution in [2.45, 2.75) is 17.7 Å². The summed E-state index contributed by atoms with van der Waals surface area (Å²) >= 11 is 1.49. The number of carbonyl (C=O) groups is 1. The quantitative estimate of drug-likeness (QED) is 0.294. The maximum Gasteiger partial charge on any atom is 0.264 e. The number of aromatic nitrogens is 1. The molecule has 4 aromatic rings. The summed E-state index contributed by atoms with van der Waals surface area (Å²) in [5.74, 6) is 0.497. The van der Waals surface area contributed by atoms with Crippen LogP contribution in [0.5, 0.6) is 11.5 Å². The summed E-state index contributed by atoms with van der Waals surface area (Å²) < 4.78 is 39.2. The van der Waals surface area contributed by atoms with Crippen molar-refractivity contribution in [3.05, 3.63) is 77.7 Å². The molecule has 2 N–H and O–H groups in total. The van der Waals surface area contributed by atoms with Gasteiger partial charge < -0.3 is 20.1 Å². The number of nitrogens with zero attached hydrogens (tertiary/aromatic N) is 2. The molecule has 3 aromatic carbocycles. The maximum absolute atomic E-state index is 13.3. The maximum atomic E-state index is 13.3. The van der Waals surface area contributed by atoms with Gasteiger partial charge in [-0.15, -0.1) is 11.3 Å². The van der Waals surface area contributed by atoms with Crippen LogP contribution in [-0.4, -0.2) is 46.6 Å². The van der Waals surface area contributed by atoms with Crippen LogP contribution in [0, 0.1) is 0 Å². The van der Waals surface area contributed by atoms with Gasteiger partial charge in [0, 0.05) is 24.5 Å². The number of nitrogens with one attached hydrogen (secondary N) is 2. The normalized spacial score (nSPS) is 12.9. The van der Waals surface area contributed by atoms with Gasteiger partial charge in [0.05, 0.1) is 29.1 Å². The molecule has 0 unspecified atom stereocenters. The molecule has 0 atom stereocenters. The minimum absolute atomic E-state index is 0.168. The summed E-state index contributed by atoms with van der Waals surface area (Å²) in [6.07, 6.45) is 1.62. The van der Waals surface area contributed by atoms with E-state index in [9.17, 15) is 13.2 Å². The van der Waals surface area contributed by atoms with E-state index >= 15 is 0 Å². The Hall–Kier alpha value is -4.09. The van der Waals surface area contributed by atoms with Gasteiger partial charge in [-0.3, -0.25) is 9.10 Å². The van der Waals surface area contributed by atoms with Crippen LogP contribution < -0.4 is 24.4 Å². The third kappa shape index (κ3) is 5.69. The Labute approximate surface area is 231 Å². The highest BCUT2D eigenvalue weighted by Gasteiger charge is 2.28. The molecule has 9 nitrogen and oxygen atoms in total. The molecule has 5 rings (SSSR count). The predicted molar refractivity (Wildman–Crippen MR) is 154 cm³/mol. The van der Waals surface area contributed by atoms with Crippen molar-refractivity contribution in [2.75, 3.05) is 42.2 Å². The van der Waals surface area contributed by atoms with Crippen molar-refractivity contribution < 1.29 is 22.7 Å². The first-order valence-electron chi connectivity index (χ1n) is 12.3. The Morgan fingerprint density at radius 2 is 1.90 bits per heavy atom. The second-order valence-corrected chi connectivity index (χ2v) is 11.5. The van der Waals surface area contributed by atoms with E-state index in [1.165, 1.54) is 34.9 Å². The minimum Gasteiger partial charge on any atom is -0.495 e. The van der Waals surface area contributed by atoms with E-state index in [1.807, 2.05) is 42.8 Å². The Balaban J connectivity index is 1.24. The third-order valence-electron chi connectivity index (χ3n) is 6.34. The average Bonchev–Trinajstić information content (AvgIpc) is 3.45. The van der Waals surface area contributed by atoms with E-state index in [4.69, 9.17) is 9.47 Å². The van der Waals surface area contributed by atoms with E-state index in [0.717, 1.165) is 40.5 Å². The molecule has 0 radical (unpaired) electrons. The van der Waals surface area contributed by atoms with Crippen molar-refractivity contribution >= 4 is 43.8 Å². The van der Waals surface area contributed by atoms with Gasteiger partial charge in [-0.25, -0.2) is 13.4 Å². The largest absolute Gasteiger partial charge is 0.495 e. The highest BCUT2D eigenvalue weighted by molar-refractivity contribution is 7.92. The highest BCUT2D eigenvalue weighted by atomic mass is 32.2. The van der Waals surface area contributed by atoms with E-state index in [1.54, 1.807) is 24.3 Å². The number of thiazole rings is 1. The van der Waals surface area contributed by atoms with Gasteiger partial charge in [0.25, 0.3) is 15.9 Å². The van der Waals surface area contributed by atoms with Crippen LogP contribution >= 0.6 is 11.3 Å². The number of sulfonamides is 1. The van der Waals surface area contributed by atoms with Gasteiger partial charge in [-0.05, 0) is 66.9 Å². The van der Waals surface area contributed by atoms with E-state index < -0.39 is 10.0 Å². The van der Waals surface area contributed by atoms with Gasteiger partial charge in [0.15, 0.2) is 11.7 Å². The third-order valence-corrected chi connectivity index (χ3v) is 9.02. The molecule has 0 spiro atoms. The van der Waals surface area contributed by atoms with Crippen LogP contribution in [0.1, 0.15) is 12.0 Å². The summed E-state index contributed by atoms with van der Waals surface area (Å²) in [6.45, 7) is 0.168. The summed E-state index contributed by atoms with van der Waals surface area (Å²) in [4.78, 5) is 17.4. The van der Waals surface area contributed by atoms with Crippen molar-refractivity contribution in [3.63, 3.8) is 0 Å². The van der Waals surface area contributed by atoms with Crippen molar-refractivity contribution in [2.24, 2.45) is 0 Å². The van der Waals surface area contributed by atoms with E-state index in [0.29, 0.717) is 23.7 Å². The van der Waals surface area contributed by atoms with Crippen LogP contribution in [0.3, 0.4) is 0 Å². The molecule has 0 fully saturated rings. The van der Waals surface area contributed by atoms with Crippen molar-refractivity contribution in [1.82, 2.24) is 4.98 Å². The first-order valence-corrected chi connectivity index (χ1v) is 14.7. The fraction of sp³-hybridized carbons (Fsp3) is 0.214. The van der Waals surface area contributed by atoms with Crippen LogP contribution in [0.15, 0.2) is 77.0 Å². The Kier molecular flexibility index (Phi) is 7.71. The molecule has 1 amide bonds. The molecular weight excluding hydrogens is 536 g/mol. The molecule has 202 valence electrons. The lowest BCUT2D eigenvalue weighted by molar-refractivity contribution is -0.118. The molecule has 39 heavy (non-hydrogen) atoms. The lowest BCUT2D eigenvalue weighted by Crippen LogP contribution is -2.35. The van der Waals surface area contributed by atoms with Crippen molar-refractivity contribution in [1.29, 1.82) is 0 Å². The van der Waals surface area contributed by atoms with Crippen LogP contribution in [0.4, 0.5) is 16.5 Å². The summed E-state index contributed by atoms with van der Waals surface area (Å²) in [7, 11) is -0.386. The van der Waals surface area contributed by atoms with Gasteiger partial charge >= 0.3 is 0 Å². The molecule has 0 saturated carbocycles. The Morgan fingerprint density at radius 1 is 1.10 bits per heavy atom. The first kappa shape index (κ1) is 26.5. The first-order chi connectivity index (χ1) is 18.9. The van der Waals surface area contributed by atoms with Gasteiger partial charge in [0.1, 0.15) is 11.5 Å². The number of benzene rings is 3. The monoisotopic (exact) mass is 564 g/mol. The van der Waals surface area contributed by atoms with Gasteiger partial charge in [0.2, 0.25) is 0 Å². The number of anilines is 3. The lowest BCUT2D eigenvalue weighted by atomic mass is 10.0. The Morgan fingerprint density at radius 3 is 2.64 bits per heavy atom. The minimum atomic E-state index is -3.72. The van der Waals surface area contributed by atoms with Crippen LogP contribution in [-0.2, 0) is 21.2 Å². The molecule has 11 heteroatoms. The number of ether oxygens (including phenoxy) is 2. The van der Waals surface area contributed by atoms with Crippen molar-refractivity contribution in [3.8, 4) is 22.8 Å². The zero-order valence-corrected chi connectivity index (χ0v) is 23.1. The fourth-order valence-electron chi connectivity index (χ4n) is 4.41. The fourth-order valence-corrected chi connectivity index (χ4v) is 6.63. The highest BCUT2D eigenvalue weighted by Crippen LogP contribution is 2.33. The number of para-hydroxylation sites is 1. The topological polar surface area (TPSA) is 110 Å². The molecule has 1 aromatic heterocycles. The molecule has 2 heterocycles. The standard InChI is InChI=1S/C28H28N4O5S2/c1-29-28-31-24(18-38-28)20-9-14-26(36-2)23(16-20)30-27(33)17-37-21-10-12-22(13-11-21)39(34,35)32-15-5-7-19-6-3-4-8-25(19)32/h3-4,6,8-14,16,18H,5,7,15,17H2,1-2H3,(H,29,31)(H,30,33). The molecule has 0 aliphatic carbocycles.